The van der Waals surface area contributed by atoms with Crippen LogP contribution in [0.4, 0.5) is 0 Å². The second kappa shape index (κ2) is 1.43. The summed E-state index contributed by atoms with van der Waals surface area (Å²) in [6.45, 7) is 0.804. The molecule has 0 amide bonds. The highest BCUT2D eigenvalue weighted by Gasteiger charge is 1.97. The summed E-state index contributed by atoms with van der Waals surface area (Å²) in [5, 5.41) is 7.24. The van der Waals surface area contributed by atoms with Crippen molar-refractivity contribution in [2.24, 2.45) is 10.2 Å². The highest BCUT2D eigenvalue weighted by molar-refractivity contribution is 7.80. The van der Waals surface area contributed by atoms with Crippen molar-refractivity contribution in [3.8, 4) is 0 Å². The standard InChI is InChI=1S/C3H4N2S/c6-3-1-2-4-5-3/h1-2H2. The molecule has 0 spiro atoms. The molecule has 0 aliphatic carbocycles. The third-order valence-electron chi connectivity index (χ3n) is 0.608. The van der Waals surface area contributed by atoms with Gasteiger partial charge in [-0.05, 0) is 0 Å². The van der Waals surface area contributed by atoms with E-state index in [4.69, 9.17) is 0 Å². The summed E-state index contributed by atoms with van der Waals surface area (Å²) >= 11 is 4.66. The van der Waals surface area contributed by atoms with E-state index in [0.717, 1.165) is 18.0 Å². The summed E-state index contributed by atoms with van der Waals surface area (Å²) < 4.78 is 0. The molecule has 32 valence electrons. The molecular formula is C3H4N2S. The Hall–Kier alpha value is -0.310. The van der Waals surface area contributed by atoms with E-state index in [0.29, 0.717) is 0 Å². The summed E-state index contributed by atoms with van der Waals surface area (Å²) in [5.41, 5.74) is 0. The van der Waals surface area contributed by atoms with Crippen LogP contribution in [-0.4, -0.2) is 11.5 Å². The van der Waals surface area contributed by atoms with Gasteiger partial charge in [-0.3, -0.25) is 0 Å². The maximum atomic E-state index is 4.66. The number of azo groups is 1. The van der Waals surface area contributed by atoms with E-state index < -0.39 is 0 Å². The van der Waals surface area contributed by atoms with Crippen molar-refractivity contribution in [1.29, 1.82) is 0 Å². The van der Waals surface area contributed by atoms with E-state index in [9.17, 15) is 0 Å². The summed E-state index contributed by atoms with van der Waals surface area (Å²) in [5.74, 6) is 0. The number of rotatable bonds is 0. The fourth-order valence-corrected chi connectivity index (χ4v) is 0.474. The van der Waals surface area contributed by atoms with Crippen LogP contribution in [0.2, 0.25) is 0 Å². The molecular weight excluding hydrogens is 96.1 g/mol. The van der Waals surface area contributed by atoms with Crippen LogP contribution in [0.3, 0.4) is 0 Å². The first-order chi connectivity index (χ1) is 2.89. The minimum atomic E-state index is 0.745. The Morgan fingerprint density at radius 3 is 2.67 bits per heavy atom. The molecule has 0 N–H and O–H groups in total. The number of nitrogens with zero attached hydrogens (tertiary/aromatic N) is 2. The molecule has 6 heavy (non-hydrogen) atoms. The van der Waals surface area contributed by atoms with Gasteiger partial charge >= 0.3 is 0 Å². The van der Waals surface area contributed by atoms with Crippen LogP contribution < -0.4 is 0 Å². The Labute approximate surface area is 41.3 Å². The van der Waals surface area contributed by atoms with Gasteiger partial charge in [0.2, 0.25) is 0 Å². The zero-order valence-electron chi connectivity index (χ0n) is 3.22. The third kappa shape index (κ3) is 0.597. The minimum absolute atomic E-state index is 0.745. The Bertz CT molecular complexity index is 97.0. The normalized spacial score (nSPS) is 19.7. The van der Waals surface area contributed by atoms with Gasteiger partial charge in [-0.25, -0.2) is 0 Å². The van der Waals surface area contributed by atoms with Crippen molar-refractivity contribution in [2.75, 3.05) is 6.54 Å². The molecule has 0 saturated heterocycles. The molecule has 0 fully saturated rings. The molecule has 0 radical (unpaired) electrons. The van der Waals surface area contributed by atoms with Crippen molar-refractivity contribution >= 4 is 17.2 Å². The van der Waals surface area contributed by atoms with E-state index in [1.807, 2.05) is 0 Å². The van der Waals surface area contributed by atoms with Crippen molar-refractivity contribution in [3.63, 3.8) is 0 Å². The number of hydrogen-bond acceptors (Lipinski definition) is 2. The SMILES string of the molecule is S=C1CCN=N1. The first kappa shape index (κ1) is 3.87. The Morgan fingerprint density at radius 1 is 1.67 bits per heavy atom. The van der Waals surface area contributed by atoms with Crippen LogP contribution in [0.15, 0.2) is 10.2 Å². The molecule has 0 atom stereocenters. The quantitative estimate of drug-likeness (QED) is 0.419. The van der Waals surface area contributed by atoms with E-state index >= 15 is 0 Å². The van der Waals surface area contributed by atoms with Crippen LogP contribution in [-0.2, 0) is 0 Å². The molecule has 2 nitrogen and oxygen atoms in total. The average Bonchev–Trinajstić information content (AvgIpc) is 1.86. The van der Waals surface area contributed by atoms with Crippen LogP contribution in [0.1, 0.15) is 6.42 Å². The predicted molar refractivity (Wildman–Crippen MR) is 26.9 cm³/mol. The summed E-state index contributed by atoms with van der Waals surface area (Å²) in [4.78, 5) is 0.745. The molecule has 1 heterocycles. The third-order valence-corrected chi connectivity index (χ3v) is 0.894. The van der Waals surface area contributed by atoms with Gasteiger partial charge in [0.25, 0.3) is 0 Å². The first-order valence-electron chi connectivity index (χ1n) is 1.80. The summed E-state index contributed by atoms with van der Waals surface area (Å²) in [6, 6.07) is 0. The summed E-state index contributed by atoms with van der Waals surface area (Å²) in [7, 11) is 0. The van der Waals surface area contributed by atoms with Gasteiger partial charge in [-0.15, -0.1) is 5.11 Å². The zero-order chi connectivity index (χ0) is 4.41. The average molecular weight is 100 g/mol. The second-order valence-electron chi connectivity index (χ2n) is 1.11. The molecule has 3 heteroatoms. The lowest BCUT2D eigenvalue weighted by Gasteiger charge is -1.70. The van der Waals surface area contributed by atoms with E-state index in [1.165, 1.54) is 0 Å². The molecule has 0 unspecified atom stereocenters. The maximum absolute atomic E-state index is 4.66. The van der Waals surface area contributed by atoms with Crippen LogP contribution in [0, 0.1) is 0 Å². The fraction of sp³-hybridized carbons (Fsp3) is 0.667. The molecule has 1 rings (SSSR count). The van der Waals surface area contributed by atoms with Crippen molar-refractivity contribution < 1.29 is 0 Å². The lowest BCUT2D eigenvalue weighted by atomic mass is 10.5. The lowest BCUT2D eigenvalue weighted by Crippen LogP contribution is -1.78. The largest absolute Gasteiger partial charge is 0.188 e. The highest BCUT2D eigenvalue weighted by atomic mass is 32.1. The molecule has 0 bridgehead atoms. The van der Waals surface area contributed by atoms with Gasteiger partial charge in [-0.2, -0.15) is 5.11 Å². The molecule has 0 aromatic rings. The minimum Gasteiger partial charge on any atom is -0.188 e. The van der Waals surface area contributed by atoms with Gasteiger partial charge < -0.3 is 0 Å². The van der Waals surface area contributed by atoms with Gasteiger partial charge in [0.1, 0.15) is 4.99 Å². The van der Waals surface area contributed by atoms with Crippen molar-refractivity contribution in [2.45, 2.75) is 6.42 Å². The first-order valence-corrected chi connectivity index (χ1v) is 2.21. The van der Waals surface area contributed by atoms with Gasteiger partial charge in [0, 0.05) is 6.42 Å². The predicted octanol–water partition coefficient (Wildman–Crippen LogP) is 1.17. The van der Waals surface area contributed by atoms with E-state index in [2.05, 4.69) is 22.4 Å². The molecule has 0 aromatic heterocycles. The van der Waals surface area contributed by atoms with E-state index in [-0.39, 0.29) is 0 Å². The molecule has 0 aromatic carbocycles. The Morgan fingerprint density at radius 2 is 2.50 bits per heavy atom. The Kier molecular flexibility index (Phi) is 0.919. The maximum Gasteiger partial charge on any atom is 0.127 e. The van der Waals surface area contributed by atoms with Crippen LogP contribution in [0.25, 0.3) is 0 Å². The van der Waals surface area contributed by atoms with Crippen molar-refractivity contribution in [1.82, 2.24) is 0 Å². The zero-order valence-corrected chi connectivity index (χ0v) is 4.03. The van der Waals surface area contributed by atoms with Gasteiger partial charge in [-0.1, -0.05) is 12.2 Å². The highest BCUT2D eigenvalue weighted by Crippen LogP contribution is 1.98. The molecule has 1 aliphatic heterocycles. The van der Waals surface area contributed by atoms with Gasteiger partial charge in [0.05, 0.1) is 6.54 Å². The van der Waals surface area contributed by atoms with Crippen LogP contribution in [0.5, 0.6) is 0 Å². The second-order valence-corrected chi connectivity index (χ2v) is 1.58. The molecule has 1 aliphatic rings. The van der Waals surface area contributed by atoms with E-state index in [1.54, 1.807) is 0 Å². The monoisotopic (exact) mass is 100 g/mol. The fourth-order valence-electron chi connectivity index (χ4n) is 0.325. The molecule has 0 saturated carbocycles. The Balaban J connectivity index is 2.59. The van der Waals surface area contributed by atoms with Crippen LogP contribution >= 0.6 is 12.2 Å². The lowest BCUT2D eigenvalue weighted by molar-refractivity contribution is 1.06. The smallest absolute Gasteiger partial charge is 0.127 e. The van der Waals surface area contributed by atoms with Crippen molar-refractivity contribution in [3.05, 3.63) is 0 Å². The number of thiocarbonyl (C=S) groups is 1. The summed E-state index contributed by atoms with van der Waals surface area (Å²) in [6.07, 6.45) is 0.884. The number of hydrogen-bond donors (Lipinski definition) is 0. The topological polar surface area (TPSA) is 24.7 Å². The van der Waals surface area contributed by atoms with Gasteiger partial charge in [0.15, 0.2) is 0 Å².